The third kappa shape index (κ3) is 5.22. The molecule has 0 aliphatic carbocycles. The maximum absolute atomic E-state index is 5.58. The van der Waals surface area contributed by atoms with Gasteiger partial charge in [0.15, 0.2) is 0 Å². The first-order chi connectivity index (χ1) is 8.15. The van der Waals surface area contributed by atoms with Crippen molar-refractivity contribution in [1.29, 1.82) is 0 Å². The second-order valence-electron chi connectivity index (χ2n) is 4.76. The molecule has 0 bridgehead atoms. The van der Waals surface area contributed by atoms with E-state index >= 15 is 0 Å². The Labute approximate surface area is 105 Å². The van der Waals surface area contributed by atoms with Gasteiger partial charge in [-0.25, -0.2) is 0 Å². The molecule has 1 unspecified atom stereocenters. The van der Waals surface area contributed by atoms with Gasteiger partial charge in [0.05, 0.1) is 0 Å². The third-order valence-electron chi connectivity index (χ3n) is 3.24. The summed E-state index contributed by atoms with van der Waals surface area (Å²) in [4.78, 5) is 2.51. The Balaban J connectivity index is 2.23. The maximum atomic E-state index is 5.58. The Bertz CT molecular complexity index is 308. The number of hydrogen-bond acceptors (Lipinski definition) is 3. The maximum Gasteiger partial charge on any atom is 0.145 e. The van der Waals surface area contributed by atoms with E-state index in [9.17, 15) is 0 Å². The number of anilines is 1. The zero-order valence-electron chi connectivity index (χ0n) is 11.4. The molecular formula is C13H26N4. The number of nitrogen functional groups attached to an aromatic ring is 1. The van der Waals surface area contributed by atoms with Crippen molar-refractivity contribution >= 4 is 5.82 Å². The lowest BCUT2D eigenvalue weighted by molar-refractivity contribution is 0.238. The Hall–Kier alpha value is -1.03. The fourth-order valence-electron chi connectivity index (χ4n) is 1.91. The van der Waals surface area contributed by atoms with Crippen LogP contribution in [0.1, 0.15) is 33.6 Å². The van der Waals surface area contributed by atoms with Crippen molar-refractivity contribution in [2.45, 2.75) is 40.2 Å². The van der Waals surface area contributed by atoms with Crippen LogP contribution >= 0.6 is 0 Å². The van der Waals surface area contributed by atoms with Gasteiger partial charge >= 0.3 is 0 Å². The molecule has 1 aromatic heterocycles. The number of aryl methyl sites for hydroxylation is 1. The van der Waals surface area contributed by atoms with Crippen LogP contribution in [-0.4, -0.2) is 34.3 Å². The third-order valence-corrected chi connectivity index (χ3v) is 3.24. The standard InChI is InChI=1S/C13H26N4/c1-4-12(3)11-16(5-2)8-6-9-17-10-7-13(14)15-17/h7,10,12H,4-6,8-9,11H2,1-3H3,(H2,14,15). The van der Waals surface area contributed by atoms with Crippen LogP contribution in [0.15, 0.2) is 12.3 Å². The summed E-state index contributed by atoms with van der Waals surface area (Å²) in [5, 5.41) is 4.19. The van der Waals surface area contributed by atoms with E-state index in [0.29, 0.717) is 5.82 Å². The second-order valence-corrected chi connectivity index (χ2v) is 4.76. The van der Waals surface area contributed by atoms with Gasteiger partial charge in [0.1, 0.15) is 5.82 Å². The molecule has 98 valence electrons. The molecule has 2 N–H and O–H groups in total. The van der Waals surface area contributed by atoms with Gasteiger partial charge in [0, 0.05) is 19.3 Å². The van der Waals surface area contributed by atoms with Crippen LogP contribution in [0.2, 0.25) is 0 Å². The summed E-state index contributed by atoms with van der Waals surface area (Å²) in [7, 11) is 0. The van der Waals surface area contributed by atoms with Crippen molar-refractivity contribution in [3.63, 3.8) is 0 Å². The highest BCUT2D eigenvalue weighted by Gasteiger charge is 2.06. The zero-order valence-corrected chi connectivity index (χ0v) is 11.4. The summed E-state index contributed by atoms with van der Waals surface area (Å²) >= 11 is 0. The van der Waals surface area contributed by atoms with E-state index in [4.69, 9.17) is 5.73 Å². The van der Waals surface area contributed by atoms with E-state index in [2.05, 4.69) is 30.8 Å². The Morgan fingerprint density at radius 2 is 2.24 bits per heavy atom. The molecule has 4 nitrogen and oxygen atoms in total. The molecule has 0 fully saturated rings. The quantitative estimate of drug-likeness (QED) is 0.755. The van der Waals surface area contributed by atoms with Crippen LogP contribution in [0, 0.1) is 5.92 Å². The lowest BCUT2D eigenvalue weighted by Gasteiger charge is -2.23. The minimum atomic E-state index is 0.608. The molecule has 0 amide bonds. The molecule has 0 radical (unpaired) electrons. The molecule has 1 rings (SSSR count). The Morgan fingerprint density at radius 1 is 1.47 bits per heavy atom. The highest BCUT2D eigenvalue weighted by atomic mass is 15.3. The lowest BCUT2D eigenvalue weighted by atomic mass is 10.1. The summed E-state index contributed by atoms with van der Waals surface area (Å²) in [6.07, 6.45) is 4.33. The van der Waals surface area contributed by atoms with E-state index in [-0.39, 0.29) is 0 Å². The van der Waals surface area contributed by atoms with Crippen LogP contribution in [0.3, 0.4) is 0 Å². The average molecular weight is 238 g/mol. The van der Waals surface area contributed by atoms with Gasteiger partial charge < -0.3 is 10.6 Å². The van der Waals surface area contributed by atoms with Crippen molar-refractivity contribution in [3.05, 3.63) is 12.3 Å². The monoisotopic (exact) mass is 238 g/mol. The van der Waals surface area contributed by atoms with Gasteiger partial charge in [-0.05, 0) is 31.5 Å². The first-order valence-electron chi connectivity index (χ1n) is 6.67. The molecule has 1 atom stereocenters. The van der Waals surface area contributed by atoms with E-state index < -0.39 is 0 Å². The SMILES string of the molecule is CCC(C)CN(CC)CCCn1ccc(N)n1. The molecule has 0 aliphatic rings. The van der Waals surface area contributed by atoms with Crippen molar-refractivity contribution in [1.82, 2.24) is 14.7 Å². The first kappa shape index (κ1) is 14.0. The molecule has 0 spiro atoms. The minimum Gasteiger partial charge on any atom is -0.382 e. The molecular weight excluding hydrogens is 212 g/mol. The minimum absolute atomic E-state index is 0.608. The van der Waals surface area contributed by atoms with Crippen LogP contribution in [-0.2, 0) is 6.54 Å². The summed E-state index contributed by atoms with van der Waals surface area (Å²) in [6.45, 7) is 11.2. The highest BCUT2D eigenvalue weighted by Crippen LogP contribution is 2.05. The molecule has 1 aromatic rings. The lowest BCUT2D eigenvalue weighted by Crippen LogP contribution is -2.30. The number of nitrogens with two attached hydrogens (primary N) is 1. The van der Waals surface area contributed by atoms with Crippen molar-refractivity contribution < 1.29 is 0 Å². The largest absolute Gasteiger partial charge is 0.382 e. The topological polar surface area (TPSA) is 47.1 Å². The number of aromatic nitrogens is 2. The van der Waals surface area contributed by atoms with Gasteiger partial charge in [-0.15, -0.1) is 0 Å². The molecule has 0 aromatic carbocycles. The average Bonchev–Trinajstić information content (AvgIpc) is 2.73. The molecule has 4 heteroatoms. The van der Waals surface area contributed by atoms with Gasteiger partial charge in [-0.2, -0.15) is 5.10 Å². The van der Waals surface area contributed by atoms with Gasteiger partial charge in [0.2, 0.25) is 0 Å². The molecule has 0 aliphatic heterocycles. The van der Waals surface area contributed by atoms with Crippen LogP contribution < -0.4 is 5.73 Å². The molecule has 0 saturated carbocycles. The van der Waals surface area contributed by atoms with E-state index in [0.717, 1.165) is 32.0 Å². The van der Waals surface area contributed by atoms with Gasteiger partial charge in [0.25, 0.3) is 0 Å². The van der Waals surface area contributed by atoms with E-state index in [1.807, 2.05) is 16.9 Å². The normalized spacial score (nSPS) is 13.2. The van der Waals surface area contributed by atoms with E-state index in [1.54, 1.807) is 0 Å². The van der Waals surface area contributed by atoms with E-state index in [1.165, 1.54) is 13.0 Å². The molecule has 17 heavy (non-hydrogen) atoms. The fourth-order valence-corrected chi connectivity index (χ4v) is 1.91. The fraction of sp³-hybridized carbons (Fsp3) is 0.769. The van der Waals surface area contributed by atoms with Crippen LogP contribution in [0.4, 0.5) is 5.82 Å². The van der Waals surface area contributed by atoms with Gasteiger partial charge in [-0.3, -0.25) is 4.68 Å². The first-order valence-corrected chi connectivity index (χ1v) is 6.67. The molecule has 0 saturated heterocycles. The highest BCUT2D eigenvalue weighted by molar-refractivity contribution is 5.23. The zero-order chi connectivity index (χ0) is 12.7. The summed E-state index contributed by atoms with van der Waals surface area (Å²) in [5.74, 6) is 1.40. The summed E-state index contributed by atoms with van der Waals surface area (Å²) in [5.41, 5.74) is 5.58. The number of nitrogens with zero attached hydrogens (tertiary/aromatic N) is 3. The van der Waals surface area contributed by atoms with Crippen LogP contribution in [0.5, 0.6) is 0 Å². The van der Waals surface area contributed by atoms with Crippen molar-refractivity contribution in [2.75, 3.05) is 25.4 Å². The molecule has 1 heterocycles. The van der Waals surface area contributed by atoms with Crippen molar-refractivity contribution in [3.8, 4) is 0 Å². The van der Waals surface area contributed by atoms with Crippen LogP contribution in [0.25, 0.3) is 0 Å². The predicted molar refractivity (Wildman–Crippen MR) is 72.8 cm³/mol. The Kier molecular flexibility index (Phi) is 6.05. The number of rotatable bonds is 8. The second kappa shape index (κ2) is 7.33. The smallest absolute Gasteiger partial charge is 0.145 e. The summed E-state index contributed by atoms with van der Waals surface area (Å²) in [6, 6.07) is 1.84. The van der Waals surface area contributed by atoms with Gasteiger partial charge in [-0.1, -0.05) is 27.2 Å². The summed E-state index contributed by atoms with van der Waals surface area (Å²) < 4.78 is 1.92. The van der Waals surface area contributed by atoms with Crippen molar-refractivity contribution in [2.24, 2.45) is 5.92 Å². The number of hydrogen-bond donors (Lipinski definition) is 1. The predicted octanol–water partition coefficient (Wildman–Crippen LogP) is 2.22. The Morgan fingerprint density at radius 3 is 2.76 bits per heavy atom.